The molecule has 5 aliphatic rings. The molecule has 4 aromatic carbocycles. The van der Waals surface area contributed by atoms with E-state index in [1.165, 1.54) is 40.6 Å². The zero-order chi connectivity index (χ0) is 57.8. The Morgan fingerprint density at radius 3 is 2.11 bits per heavy atom. The molecule has 81 heavy (non-hydrogen) atoms. The number of rotatable bonds is 18. The van der Waals surface area contributed by atoms with E-state index in [1.54, 1.807) is 12.1 Å². The van der Waals surface area contributed by atoms with Crippen molar-refractivity contribution in [1.29, 1.82) is 0 Å². The van der Waals surface area contributed by atoms with E-state index in [2.05, 4.69) is 44.0 Å². The van der Waals surface area contributed by atoms with Crippen molar-refractivity contribution in [1.82, 2.24) is 24.3 Å². The number of piperidine rings is 1. The predicted molar refractivity (Wildman–Crippen MR) is 312 cm³/mol. The fourth-order valence-corrected chi connectivity index (χ4v) is 14.9. The number of allylic oxidation sites excluding steroid dienone is 1. The summed E-state index contributed by atoms with van der Waals surface area (Å²) in [4.78, 5) is 36.4. The number of ether oxygens (including phenoxy) is 2. The number of hydrogen-bond donors (Lipinski definition) is 2. The Morgan fingerprint density at radius 2 is 1.47 bits per heavy atom. The van der Waals surface area contributed by atoms with E-state index >= 15 is 0 Å². The summed E-state index contributed by atoms with van der Waals surface area (Å²) in [7, 11) is -11.0. The SMILES string of the molecule is CC1(CN2CCC3(CC2)CN(C(=O)OC(C)(C)C)C3)CCC(c2ccc(Cl)cc2)=C(CN2CCN(c3ccc(C(=O)NS(=O)(=O)c4ccc(N[C@H](CCN5CCOCC5)CSc5ccccc5)c(S(=O)(=O)C(F)(F)F)c4)cc3)CC2)C1. The number of likely N-dealkylation sites (tertiary alicyclic amines) is 2. The molecule has 2 N–H and O–H groups in total. The zero-order valence-electron chi connectivity index (χ0n) is 46.6. The van der Waals surface area contributed by atoms with Crippen LogP contribution in [0, 0.1) is 10.8 Å². The molecule has 2 amide bonds. The number of sulfonamides is 1. The van der Waals surface area contributed by atoms with Crippen LogP contribution in [0.5, 0.6) is 0 Å². The highest BCUT2D eigenvalue weighted by atomic mass is 35.5. The second-order valence-electron chi connectivity index (χ2n) is 23.7. The maximum Gasteiger partial charge on any atom is 0.501 e. The normalized spacial score (nSPS) is 21.1. The number of nitrogens with zero attached hydrogens (tertiary/aromatic N) is 5. The molecule has 1 aliphatic carbocycles. The van der Waals surface area contributed by atoms with Crippen LogP contribution in [0.2, 0.25) is 5.02 Å². The van der Waals surface area contributed by atoms with Crippen molar-refractivity contribution < 1.29 is 49.1 Å². The number of thioether (sulfide) groups is 1. The number of anilines is 2. The van der Waals surface area contributed by atoms with Crippen LogP contribution < -0.4 is 14.9 Å². The molecule has 1 unspecified atom stereocenters. The molecule has 22 heteroatoms. The Hall–Kier alpha value is -4.87. The van der Waals surface area contributed by atoms with Crippen LogP contribution >= 0.6 is 23.4 Å². The van der Waals surface area contributed by atoms with Crippen LogP contribution in [0.3, 0.4) is 0 Å². The maximum atomic E-state index is 14.3. The monoisotopic (exact) mass is 1200 g/mol. The van der Waals surface area contributed by atoms with Crippen molar-refractivity contribution in [3.05, 3.63) is 119 Å². The smallest absolute Gasteiger partial charge is 0.444 e. The van der Waals surface area contributed by atoms with Crippen molar-refractivity contribution in [2.45, 2.75) is 98.1 Å². The van der Waals surface area contributed by atoms with Crippen LogP contribution in [-0.2, 0) is 29.3 Å². The number of piperazine rings is 1. The molecule has 4 heterocycles. The molecule has 4 fully saturated rings. The summed E-state index contributed by atoms with van der Waals surface area (Å²) >= 11 is 7.80. The van der Waals surface area contributed by atoms with Gasteiger partial charge in [0, 0.05) is 110 Å². The Labute approximate surface area is 484 Å². The van der Waals surface area contributed by atoms with Gasteiger partial charge in [0.1, 0.15) is 10.5 Å². The molecular weight excluding hydrogens is 1120 g/mol. The van der Waals surface area contributed by atoms with E-state index in [-0.39, 0.29) is 22.5 Å². The first-order chi connectivity index (χ1) is 38.3. The highest BCUT2D eigenvalue weighted by Crippen LogP contribution is 2.47. The maximum absolute atomic E-state index is 14.3. The van der Waals surface area contributed by atoms with E-state index in [0.717, 1.165) is 107 Å². The summed E-state index contributed by atoms with van der Waals surface area (Å²) < 4.78 is 110. The van der Waals surface area contributed by atoms with E-state index in [1.807, 2.05) is 72.9 Å². The summed E-state index contributed by atoms with van der Waals surface area (Å²) in [5.74, 6) is -0.674. The van der Waals surface area contributed by atoms with E-state index in [9.17, 15) is 39.6 Å². The van der Waals surface area contributed by atoms with Crippen molar-refractivity contribution in [3.63, 3.8) is 0 Å². The minimum Gasteiger partial charge on any atom is -0.444 e. The number of hydrogen-bond acceptors (Lipinski definition) is 14. The average molecular weight is 1200 g/mol. The van der Waals surface area contributed by atoms with Crippen LogP contribution in [0.15, 0.2) is 117 Å². The molecule has 4 saturated heterocycles. The van der Waals surface area contributed by atoms with Crippen molar-refractivity contribution in [2.75, 3.05) is 114 Å². The van der Waals surface area contributed by atoms with Crippen LogP contribution in [0.25, 0.3) is 5.57 Å². The molecule has 0 bridgehead atoms. The number of amides is 2. The minimum absolute atomic E-state index is 0.0136. The molecule has 2 atom stereocenters. The lowest BCUT2D eigenvalue weighted by Gasteiger charge is -2.54. The molecule has 0 saturated carbocycles. The van der Waals surface area contributed by atoms with Crippen molar-refractivity contribution in [3.8, 4) is 0 Å². The van der Waals surface area contributed by atoms with Crippen LogP contribution in [0.1, 0.15) is 82.1 Å². The Kier molecular flexibility index (Phi) is 18.8. The minimum atomic E-state index is -6.08. The topological polar surface area (TPSA) is 161 Å². The third-order valence-electron chi connectivity index (χ3n) is 16.3. The first-order valence-electron chi connectivity index (χ1n) is 27.9. The fourth-order valence-electron chi connectivity index (χ4n) is 11.8. The van der Waals surface area contributed by atoms with E-state index < -0.39 is 58.4 Å². The largest absolute Gasteiger partial charge is 0.501 e. The number of nitrogens with one attached hydrogen (secondary N) is 2. The Balaban J connectivity index is 0.817. The zero-order valence-corrected chi connectivity index (χ0v) is 49.8. The standard InChI is InChI=1S/C59H75ClF3N7O8S3/c1-56(2,3)78-55(72)70-41-58(42-70)23-26-68(27-24-58)40-57(4)22-20-51(43-10-14-46(60)15-11-43)45(37-57)38-67-28-30-69(31-29-67)48-16-12-44(13-17-48)54(71)65-81(75,76)50-18-19-52(53(36-50)80(73,74)59(61,62)63)64-47(21-25-66-32-34-77-35-33-66)39-79-49-8-6-5-7-9-49/h5-19,36,47,64H,20-35,37-42H2,1-4H3,(H,65,71)/t47-,57?/m1/s1. The summed E-state index contributed by atoms with van der Waals surface area (Å²) in [6.07, 6.45) is 5.36. The summed E-state index contributed by atoms with van der Waals surface area (Å²) in [6, 6.07) is 25.9. The lowest BCUT2D eigenvalue weighted by atomic mass is 9.69. The lowest BCUT2D eigenvalue weighted by Crippen LogP contribution is -2.62. The van der Waals surface area contributed by atoms with Gasteiger partial charge in [-0.25, -0.2) is 26.4 Å². The number of carbonyl (C=O) groups is 2. The van der Waals surface area contributed by atoms with Gasteiger partial charge in [0.15, 0.2) is 0 Å². The number of sulfone groups is 1. The highest BCUT2D eigenvalue weighted by molar-refractivity contribution is 7.99. The number of carbonyl (C=O) groups excluding carboxylic acids is 2. The Bertz CT molecular complexity index is 3100. The van der Waals surface area contributed by atoms with Crippen LogP contribution in [0.4, 0.5) is 29.3 Å². The van der Waals surface area contributed by atoms with Gasteiger partial charge in [-0.05, 0) is 156 Å². The molecule has 9 rings (SSSR count). The molecule has 4 aliphatic heterocycles. The molecule has 4 aromatic rings. The van der Waals surface area contributed by atoms with Gasteiger partial charge < -0.3 is 29.5 Å². The quantitative estimate of drug-likeness (QED) is 0.0906. The van der Waals surface area contributed by atoms with Gasteiger partial charge >= 0.3 is 11.6 Å². The van der Waals surface area contributed by atoms with Gasteiger partial charge in [0.05, 0.1) is 23.8 Å². The van der Waals surface area contributed by atoms with Gasteiger partial charge in [-0.2, -0.15) is 13.2 Å². The molecule has 0 aromatic heterocycles. The summed E-state index contributed by atoms with van der Waals surface area (Å²) in [5.41, 5.74) is -1.58. The number of alkyl halides is 3. The van der Waals surface area contributed by atoms with Crippen LogP contribution in [-0.4, -0.2) is 170 Å². The molecule has 15 nitrogen and oxygen atoms in total. The first-order valence-corrected chi connectivity index (χ1v) is 32.2. The van der Waals surface area contributed by atoms with Crippen molar-refractivity contribution >= 4 is 72.2 Å². The molecule has 0 radical (unpaired) electrons. The third-order valence-corrected chi connectivity index (χ3v) is 20.6. The number of morpholine rings is 1. The summed E-state index contributed by atoms with van der Waals surface area (Å²) in [6.45, 7) is 19.5. The van der Waals surface area contributed by atoms with Gasteiger partial charge in [0.25, 0.3) is 25.8 Å². The Morgan fingerprint density at radius 1 is 0.802 bits per heavy atom. The van der Waals surface area contributed by atoms with Crippen molar-refractivity contribution in [2.24, 2.45) is 10.8 Å². The van der Waals surface area contributed by atoms with E-state index in [4.69, 9.17) is 21.1 Å². The number of halogens is 4. The third kappa shape index (κ3) is 15.5. The van der Waals surface area contributed by atoms with Gasteiger partial charge in [-0.3, -0.25) is 14.6 Å². The highest BCUT2D eigenvalue weighted by Gasteiger charge is 2.50. The summed E-state index contributed by atoms with van der Waals surface area (Å²) in [5, 5.41) is 3.70. The van der Waals surface area contributed by atoms with Gasteiger partial charge in [0.2, 0.25) is 0 Å². The predicted octanol–water partition coefficient (Wildman–Crippen LogP) is 10.1. The van der Waals surface area contributed by atoms with Gasteiger partial charge in [-0.1, -0.05) is 54.4 Å². The second kappa shape index (κ2) is 25.1. The molecule has 1 spiro atoms. The van der Waals surface area contributed by atoms with Gasteiger partial charge in [-0.15, -0.1) is 11.8 Å². The number of benzene rings is 4. The average Bonchev–Trinajstić information content (AvgIpc) is 3.53. The fraction of sp³-hybridized carbons (Fsp3) is 0.525. The molecular formula is C59H75ClF3N7O8S3. The first kappa shape index (κ1) is 60.7. The van der Waals surface area contributed by atoms with E-state index in [0.29, 0.717) is 69.2 Å². The lowest BCUT2D eigenvalue weighted by molar-refractivity contribution is -0.0628. The second-order valence-corrected chi connectivity index (χ2v) is 28.9. The molecule has 440 valence electrons.